The first-order valence-corrected chi connectivity index (χ1v) is 6.44. The molecule has 0 fully saturated rings. The van der Waals surface area contributed by atoms with Gasteiger partial charge in [-0.15, -0.1) is 0 Å². The lowest BCUT2D eigenvalue weighted by atomic mass is 10.0. The summed E-state index contributed by atoms with van der Waals surface area (Å²) in [6.45, 7) is 3.95. The smallest absolute Gasteiger partial charge is 0.225 e. The molecule has 4 heteroatoms. The Hall–Kier alpha value is -2.02. The number of hydrogen-bond acceptors (Lipinski definition) is 3. The lowest BCUT2D eigenvalue weighted by Crippen LogP contribution is -2.16. The number of aryl methyl sites for hydroxylation is 1. The summed E-state index contributed by atoms with van der Waals surface area (Å²) in [5.74, 6) is 0.257. The van der Waals surface area contributed by atoms with Crippen molar-refractivity contribution in [3.8, 4) is 11.8 Å². The number of amides is 1. The van der Waals surface area contributed by atoms with Crippen LogP contribution in [-0.2, 0) is 4.79 Å². The highest BCUT2D eigenvalue weighted by Gasteiger charge is 2.14. The minimum absolute atomic E-state index is 0.149. The number of nitriles is 1. The maximum Gasteiger partial charge on any atom is 0.225 e. The maximum absolute atomic E-state index is 11.9. The first-order chi connectivity index (χ1) is 9.10. The summed E-state index contributed by atoms with van der Waals surface area (Å²) >= 11 is 0. The molecule has 0 spiro atoms. The van der Waals surface area contributed by atoms with Crippen molar-refractivity contribution in [2.45, 2.75) is 33.1 Å². The van der Waals surface area contributed by atoms with Gasteiger partial charge < -0.3 is 10.1 Å². The molecule has 1 N–H and O–H groups in total. The molecule has 102 valence electrons. The van der Waals surface area contributed by atoms with E-state index in [-0.39, 0.29) is 18.2 Å². The molecule has 0 aromatic heterocycles. The van der Waals surface area contributed by atoms with E-state index in [9.17, 15) is 4.79 Å². The molecule has 1 aromatic rings. The molecule has 0 bridgehead atoms. The summed E-state index contributed by atoms with van der Waals surface area (Å²) in [5, 5.41) is 11.8. The van der Waals surface area contributed by atoms with Crippen LogP contribution in [0.4, 0.5) is 5.69 Å². The lowest BCUT2D eigenvalue weighted by molar-refractivity contribution is -0.116. The van der Waals surface area contributed by atoms with Crippen LogP contribution in [0.3, 0.4) is 0 Å². The van der Waals surface area contributed by atoms with Crippen LogP contribution in [-0.4, -0.2) is 13.0 Å². The molecule has 1 rings (SSSR count). The van der Waals surface area contributed by atoms with Gasteiger partial charge in [-0.25, -0.2) is 0 Å². The van der Waals surface area contributed by atoms with Crippen LogP contribution in [0, 0.1) is 24.2 Å². The van der Waals surface area contributed by atoms with Crippen molar-refractivity contribution in [3.05, 3.63) is 23.8 Å². The number of carbonyl (C=O) groups is 1. The number of ether oxygens (including phenoxy) is 1. The Kier molecular flexibility index (Phi) is 5.87. The molecule has 0 aliphatic carbocycles. The quantitative estimate of drug-likeness (QED) is 0.853. The molecule has 19 heavy (non-hydrogen) atoms. The van der Waals surface area contributed by atoms with Gasteiger partial charge >= 0.3 is 0 Å². The van der Waals surface area contributed by atoms with E-state index in [4.69, 9.17) is 10.00 Å². The number of rotatable bonds is 6. The summed E-state index contributed by atoms with van der Waals surface area (Å²) in [7, 11) is 1.56. The fourth-order valence-corrected chi connectivity index (χ4v) is 1.91. The predicted molar refractivity (Wildman–Crippen MR) is 75.0 cm³/mol. The molecule has 0 radical (unpaired) electrons. The van der Waals surface area contributed by atoms with Crippen LogP contribution in [0.25, 0.3) is 0 Å². The molecule has 0 heterocycles. The summed E-state index contributed by atoms with van der Waals surface area (Å²) < 4.78 is 5.20. The van der Waals surface area contributed by atoms with Crippen LogP contribution in [0.5, 0.6) is 5.75 Å². The highest BCUT2D eigenvalue weighted by Crippen LogP contribution is 2.25. The monoisotopic (exact) mass is 260 g/mol. The van der Waals surface area contributed by atoms with Crippen LogP contribution in [0.15, 0.2) is 18.2 Å². The third kappa shape index (κ3) is 4.63. The zero-order valence-electron chi connectivity index (χ0n) is 11.7. The van der Waals surface area contributed by atoms with Gasteiger partial charge in [-0.2, -0.15) is 5.26 Å². The first kappa shape index (κ1) is 15.0. The predicted octanol–water partition coefficient (Wildman–Crippen LogP) is 3.27. The second kappa shape index (κ2) is 7.42. The number of nitrogens with one attached hydrogen (secondary N) is 1. The topological polar surface area (TPSA) is 62.1 Å². The van der Waals surface area contributed by atoms with Gasteiger partial charge in [0.2, 0.25) is 5.91 Å². The number of hydrogen-bond donors (Lipinski definition) is 1. The molecule has 4 nitrogen and oxygen atoms in total. The fourth-order valence-electron chi connectivity index (χ4n) is 1.91. The van der Waals surface area contributed by atoms with Crippen molar-refractivity contribution in [2.24, 2.45) is 5.92 Å². The van der Waals surface area contributed by atoms with E-state index in [1.54, 1.807) is 7.11 Å². The lowest BCUT2D eigenvalue weighted by Gasteiger charge is -2.12. The van der Waals surface area contributed by atoms with E-state index in [0.717, 1.165) is 18.4 Å². The Morgan fingerprint density at radius 2 is 2.26 bits per heavy atom. The van der Waals surface area contributed by atoms with Crippen molar-refractivity contribution in [2.75, 3.05) is 12.4 Å². The van der Waals surface area contributed by atoms with Gasteiger partial charge in [0.15, 0.2) is 0 Å². The average molecular weight is 260 g/mol. The second-order valence-corrected chi connectivity index (χ2v) is 4.57. The van der Waals surface area contributed by atoms with Gasteiger partial charge in [-0.3, -0.25) is 4.79 Å². The molecule has 1 aromatic carbocycles. The Labute approximate surface area is 114 Å². The molecule has 0 saturated carbocycles. The number of benzene rings is 1. The standard InChI is InChI=1S/C15H20N2O2/c1-4-5-12(10-16)9-15(18)17-13-8-11(2)6-7-14(13)19-3/h6-8,12H,4-5,9H2,1-3H3,(H,17,18). The molecule has 1 unspecified atom stereocenters. The van der Waals surface area contributed by atoms with E-state index in [1.165, 1.54) is 0 Å². The van der Waals surface area contributed by atoms with E-state index in [2.05, 4.69) is 11.4 Å². The van der Waals surface area contributed by atoms with E-state index >= 15 is 0 Å². The van der Waals surface area contributed by atoms with Gasteiger partial charge in [0.1, 0.15) is 5.75 Å². The highest BCUT2D eigenvalue weighted by molar-refractivity contribution is 5.92. The number of carbonyl (C=O) groups excluding carboxylic acids is 1. The molecular weight excluding hydrogens is 240 g/mol. The average Bonchev–Trinajstić information content (AvgIpc) is 2.38. The van der Waals surface area contributed by atoms with Gasteiger partial charge in [0.05, 0.1) is 24.8 Å². The molecular formula is C15H20N2O2. The summed E-state index contributed by atoms with van der Waals surface area (Å²) in [6, 6.07) is 7.77. The molecule has 1 atom stereocenters. The molecule has 1 amide bonds. The molecule has 0 aliphatic rings. The van der Waals surface area contributed by atoms with Crippen LogP contribution in [0.2, 0.25) is 0 Å². The third-order valence-electron chi connectivity index (χ3n) is 2.88. The van der Waals surface area contributed by atoms with Crippen LogP contribution >= 0.6 is 0 Å². The van der Waals surface area contributed by atoms with E-state index < -0.39 is 0 Å². The number of nitrogens with zero attached hydrogens (tertiary/aromatic N) is 1. The zero-order chi connectivity index (χ0) is 14.3. The van der Waals surface area contributed by atoms with Gasteiger partial charge in [-0.05, 0) is 31.0 Å². The molecule has 0 aliphatic heterocycles. The number of methoxy groups -OCH3 is 1. The van der Waals surface area contributed by atoms with Crippen molar-refractivity contribution in [1.29, 1.82) is 5.26 Å². The van der Waals surface area contributed by atoms with Crippen molar-refractivity contribution in [3.63, 3.8) is 0 Å². The summed E-state index contributed by atoms with van der Waals surface area (Å²) in [6.07, 6.45) is 1.87. The SMILES string of the molecule is CCCC(C#N)CC(=O)Nc1cc(C)ccc1OC. The van der Waals surface area contributed by atoms with E-state index in [1.807, 2.05) is 32.0 Å². The number of anilines is 1. The van der Waals surface area contributed by atoms with Crippen molar-refractivity contribution >= 4 is 11.6 Å². The third-order valence-corrected chi connectivity index (χ3v) is 2.88. The zero-order valence-corrected chi connectivity index (χ0v) is 11.7. The Bertz CT molecular complexity index is 478. The minimum atomic E-state index is -0.221. The van der Waals surface area contributed by atoms with Crippen LogP contribution in [0.1, 0.15) is 31.7 Å². The van der Waals surface area contributed by atoms with Gasteiger partial charge in [0, 0.05) is 6.42 Å². The van der Waals surface area contributed by atoms with Crippen molar-refractivity contribution < 1.29 is 9.53 Å². The van der Waals surface area contributed by atoms with Crippen LogP contribution < -0.4 is 10.1 Å². The Morgan fingerprint density at radius 1 is 1.53 bits per heavy atom. The Morgan fingerprint density at radius 3 is 2.84 bits per heavy atom. The molecule has 0 saturated heterocycles. The largest absolute Gasteiger partial charge is 0.495 e. The Balaban J connectivity index is 2.71. The normalized spacial score (nSPS) is 11.5. The van der Waals surface area contributed by atoms with Gasteiger partial charge in [0.25, 0.3) is 0 Å². The highest BCUT2D eigenvalue weighted by atomic mass is 16.5. The minimum Gasteiger partial charge on any atom is -0.495 e. The maximum atomic E-state index is 11.9. The first-order valence-electron chi connectivity index (χ1n) is 6.44. The summed E-state index contributed by atoms with van der Waals surface area (Å²) in [5.41, 5.74) is 1.70. The second-order valence-electron chi connectivity index (χ2n) is 4.57. The fraction of sp³-hybridized carbons (Fsp3) is 0.467. The van der Waals surface area contributed by atoms with Crippen molar-refractivity contribution in [1.82, 2.24) is 0 Å². The van der Waals surface area contributed by atoms with E-state index in [0.29, 0.717) is 11.4 Å². The summed E-state index contributed by atoms with van der Waals surface area (Å²) in [4.78, 5) is 11.9. The van der Waals surface area contributed by atoms with Gasteiger partial charge in [-0.1, -0.05) is 19.4 Å².